The van der Waals surface area contributed by atoms with Crippen LogP contribution in [0.3, 0.4) is 0 Å². The Morgan fingerprint density at radius 3 is 2.47 bits per heavy atom. The Labute approximate surface area is 94.9 Å². The number of nitrogens with one attached hydrogen (secondary N) is 1. The van der Waals surface area contributed by atoms with E-state index in [0.717, 1.165) is 16.8 Å². The lowest BCUT2D eigenvalue weighted by molar-refractivity contribution is 0.181. The van der Waals surface area contributed by atoms with E-state index in [9.17, 15) is 4.79 Å². The van der Waals surface area contributed by atoms with E-state index in [0.29, 0.717) is 6.61 Å². The number of hydrogen-bond donors (Lipinski definition) is 1. The van der Waals surface area contributed by atoms with E-state index in [2.05, 4.69) is 10.3 Å². The zero-order chi connectivity index (χ0) is 11.7. The smallest absolute Gasteiger partial charge is 0.373 e. The Kier molecular flexibility index (Phi) is 3.45. The highest BCUT2D eigenvalue weighted by Crippen LogP contribution is 2.29. The predicted octanol–water partition coefficient (Wildman–Crippen LogP) is 2.39. The normalized spacial score (nSPS) is 22.3. The van der Waals surface area contributed by atoms with E-state index >= 15 is 0 Å². The number of carbonyl (C=O) groups is 1. The lowest BCUT2D eigenvalue weighted by Crippen LogP contribution is -2.47. The predicted molar refractivity (Wildman–Crippen MR) is 63.3 cm³/mol. The van der Waals surface area contributed by atoms with E-state index in [4.69, 9.17) is 4.74 Å². The van der Waals surface area contributed by atoms with Gasteiger partial charge in [0.25, 0.3) is 0 Å². The van der Waals surface area contributed by atoms with E-state index < -0.39 is 0 Å². The molecule has 1 aliphatic rings. The van der Waals surface area contributed by atoms with E-state index in [1.165, 1.54) is 0 Å². The van der Waals surface area contributed by atoms with Gasteiger partial charge in [0.1, 0.15) is 10.7 Å². The van der Waals surface area contributed by atoms with Crippen LogP contribution in [-0.4, -0.2) is 28.2 Å². The molecular formula is C10H18N2O2S. The summed E-state index contributed by atoms with van der Waals surface area (Å²) in [5, 5.41) is 3.83. The van der Waals surface area contributed by atoms with Crippen LogP contribution in [0.4, 0.5) is 4.79 Å². The van der Waals surface area contributed by atoms with Gasteiger partial charge < -0.3 is 4.74 Å². The molecule has 1 aliphatic heterocycles. The number of hydrogen-bond acceptors (Lipinski definition) is 5. The van der Waals surface area contributed by atoms with Crippen molar-refractivity contribution in [1.29, 1.82) is 0 Å². The van der Waals surface area contributed by atoms with Crippen molar-refractivity contribution >= 4 is 22.1 Å². The van der Waals surface area contributed by atoms with Crippen molar-refractivity contribution in [3.63, 3.8) is 0 Å². The van der Waals surface area contributed by atoms with Crippen molar-refractivity contribution in [2.45, 2.75) is 45.8 Å². The molecular weight excluding hydrogens is 212 g/mol. The van der Waals surface area contributed by atoms with Gasteiger partial charge in [0.2, 0.25) is 0 Å². The second-order valence-corrected chi connectivity index (χ2v) is 5.44. The van der Waals surface area contributed by atoms with E-state index in [1.54, 1.807) is 6.92 Å². The third-order valence-corrected chi connectivity index (χ3v) is 3.06. The van der Waals surface area contributed by atoms with Crippen LogP contribution in [0.15, 0.2) is 4.99 Å². The summed E-state index contributed by atoms with van der Waals surface area (Å²) in [6.07, 6.45) is 0. The molecule has 1 heterocycles. The standard InChI is InChI=1S/C10H18N2O2S/c1-6-14-8(13)15-7-9(2,3)12-10(4,5)11-7/h12H,6H2,1-5H3. The fourth-order valence-electron chi connectivity index (χ4n) is 1.62. The van der Waals surface area contributed by atoms with Gasteiger partial charge in [-0.3, -0.25) is 10.3 Å². The zero-order valence-electron chi connectivity index (χ0n) is 9.88. The number of thioether (sulfide) groups is 1. The van der Waals surface area contributed by atoms with Crippen LogP contribution < -0.4 is 5.32 Å². The Morgan fingerprint density at radius 1 is 1.47 bits per heavy atom. The molecule has 0 radical (unpaired) electrons. The van der Waals surface area contributed by atoms with Gasteiger partial charge in [-0.1, -0.05) is 0 Å². The van der Waals surface area contributed by atoms with Crippen molar-refractivity contribution in [2.24, 2.45) is 4.99 Å². The highest BCUT2D eigenvalue weighted by molar-refractivity contribution is 8.26. The van der Waals surface area contributed by atoms with Gasteiger partial charge in [-0.15, -0.1) is 0 Å². The number of ether oxygens (including phenoxy) is 1. The first-order valence-corrected chi connectivity index (χ1v) is 5.83. The second-order valence-electron chi connectivity index (χ2n) is 4.51. The first-order valence-electron chi connectivity index (χ1n) is 5.01. The monoisotopic (exact) mass is 230 g/mol. The van der Waals surface area contributed by atoms with Gasteiger partial charge in [-0.25, -0.2) is 4.79 Å². The lowest BCUT2D eigenvalue weighted by atomic mass is 10.1. The minimum atomic E-state index is -0.307. The van der Waals surface area contributed by atoms with Crippen LogP contribution >= 0.6 is 11.8 Å². The maximum absolute atomic E-state index is 11.3. The summed E-state index contributed by atoms with van der Waals surface area (Å²) in [5.41, 5.74) is -0.570. The minimum Gasteiger partial charge on any atom is -0.458 e. The van der Waals surface area contributed by atoms with Crippen LogP contribution in [0, 0.1) is 0 Å². The van der Waals surface area contributed by atoms with Crippen LogP contribution in [0.2, 0.25) is 0 Å². The first-order chi connectivity index (χ1) is 6.77. The Morgan fingerprint density at radius 2 is 2.07 bits per heavy atom. The quantitative estimate of drug-likeness (QED) is 0.703. The molecule has 4 nitrogen and oxygen atoms in total. The summed E-state index contributed by atoms with van der Waals surface area (Å²) in [5.74, 6) is 0. The molecule has 0 bridgehead atoms. The highest BCUT2D eigenvalue weighted by atomic mass is 32.2. The van der Waals surface area contributed by atoms with Gasteiger partial charge in [0.05, 0.1) is 12.1 Å². The average molecular weight is 230 g/mol. The van der Waals surface area contributed by atoms with Gasteiger partial charge in [0.15, 0.2) is 0 Å². The second kappa shape index (κ2) is 4.14. The maximum Gasteiger partial charge on any atom is 0.373 e. The SMILES string of the molecule is CCOC(=O)SC1=NC(C)(C)NC1(C)C. The van der Waals surface area contributed by atoms with E-state index in [1.807, 2.05) is 27.7 Å². The molecule has 86 valence electrons. The molecule has 0 aromatic heterocycles. The van der Waals surface area contributed by atoms with Crippen LogP contribution in [0.25, 0.3) is 0 Å². The Hall–Kier alpha value is -0.550. The van der Waals surface area contributed by atoms with Crippen LogP contribution in [0.1, 0.15) is 34.6 Å². The number of aliphatic imine (C=N–C) groups is 1. The molecule has 5 heteroatoms. The molecule has 0 aromatic rings. The number of nitrogens with zero attached hydrogens (tertiary/aromatic N) is 1. The molecule has 0 aromatic carbocycles. The highest BCUT2D eigenvalue weighted by Gasteiger charge is 2.40. The molecule has 0 amide bonds. The summed E-state index contributed by atoms with van der Waals surface area (Å²) < 4.78 is 4.88. The summed E-state index contributed by atoms with van der Waals surface area (Å²) in [6, 6.07) is 0. The molecule has 0 saturated carbocycles. The zero-order valence-corrected chi connectivity index (χ0v) is 10.7. The fraction of sp³-hybridized carbons (Fsp3) is 0.800. The van der Waals surface area contributed by atoms with Gasteiger partial charge in [-0.2, -0.15) is 0 Å². The van der Waals surface area contributed by atoms with Crippen molar-refractivity contribution in [3.8, 4) is 0 Å². The molecule has 0 fully saturated rings. The number of rotatable bonds is 1. The molecule has 1 N–H and O–H groups in total. The van der Waals surface area contributed by atoms with Gasteiger partial charge in [-0.05, 0) is 34.6 Å². The molecule has 0 spiro atoms. The Balaban J connectivity index is 2.72. The maximum atomic E-state index is 11.3. The van der Waals surface area contributed by atoms with Crippen molar-refractivity contribution in [1.82, 2.24) is 5.32 Å². The molecule has 1 rings (SSSR count). The minimum absolute atomic E-state index is 0.263. The van der Waals surface area contributed by atoms with Crippen molar-refractivity contribution < 1.29 is 9.53 Å². The summed E-state index contributed by atoms with van der Waals surface area (Å²) >= 11 is 1.07. The molecule has 15 heavy (non-hydrogen) atoms. The van der Waals surface area contributed by atoms with Crippen molar-refractivity contribution in [3.05, 3.63) is 0 Å². The summed E-state index contributed by atoms with van der Waals surface area (Å²) in [4.78, 5) is 15.8. The average Bonchev–Trinajstić information content (AvgIpc) is 2.19. The fourth-order valence-corrected chi connectivity index (χ4v) is 2.53. The van der Waals surface area contributed by atoms with Crippen LogP contribution in [0.5, 0.6) is 0 Å². The molecule has 0 saturated heterocycles. The Bertz CT molecular complexity index is 298. The van der Waals surface area contributed by atoms with Gasteiger partial charge >= 0.3 is 5.30 Å². The number of carbonyl (C=O) groups excluding carboxylic acids is 1. The first kappa shape index (κ1) is 12.5. The topological polar surface area (TPSA) is 50.7 Å². The molecule has 0 unspecified atom stereocenters. The third kappa shape index (κ3) is 3.21. The molecule has 0 atom stereocenters. The summed E-state index contributed by atoms with van der Waals surface area (Å²) in [7, 11) is 0. The largest absolute Gasteiger partial charge is 0.458 e. The summed E-state index contributed by atoms with van der Waals surface area (Å²) in [6.45, 7) is 10.2. The lowest BCUT2D eigenvalue weighted by Gasteiger charge is -2.24. The van der Waals surface area contributed by atoms with Crippen LogP contribution in [-0.2, 0) is 4.74 Å². The third-order valence-electron chi connectivity index (χ3n) is 1.98. The van der Waals surface area contributed by atoms with E-state index in [-0.39, 0.29) is 16.5 Å². The van der Waals surface area contributed by atoms with Gasteiger partial charge in [0, 0.05) is 11.8 Å². The van der Waals surface area contributed by atoms with Crippen molar-refractivity contribution in [2.75, 3.05) is 6.61 Å². The molecule has 0 aliphatic carbocycles.